The van der Waals surface area contributed by atoms with E-state index >= 15 is 4.39 Å². The van der Waals surface area contributed by atoms with E-state index in [2.05, 4.69) is 9.97 Å². The second-order valence-corrected chi connectivity index (χ2v) is 10.1. The van der Waals surface area contributed by atoms with Gasteiger partial charge in [0.15, 0.2) is 17.4 Å². The Labute approximate surface area is 239 Å². The van der Waals surface area contributed by atoms with Crippen molar-refractivity contribution < 1.29 is 32.2 Å². The third kappa shape index (κ3) is 4.78. The molecule has 7 nitrogen and oxygen atoms in total. The second-order valence-electron chi connectivity index (χ2n) is 10.1. The number of halogens is 3. The molecule has 3 heterocycles. The van der Waals surface area contributed by atoms with Crippen molar-refractivity contribution in [3.05, 3.63) is 101 Å². The summed E-state index contributed by atoms with van der Waals surface area (Å²) in [6.45, 7) is 4.43. The molecule has 214 valence electrons. The third-order valence-electron chi connectivity index (χ3n) is 7.43. The van der Waals surface area contributed by atoms with Crippen LogP contribution in [-0.2, 0) is 14.9 Å². The third-order valence-corrected chi connectivity index (χ3v) is 7.43. The molecule has 0 saturated heterocycles. The Hall–Kier alpha value is -4.99. The van der Waals surface area contributed by atoms with E-state index in [1.807, 2.05) is 25.1 Å². The van der Waals surface area contributed by atoms with E-state index in [-0.39, 0.29) is 29.1 Å². The molecule has 42 heavy (non-hydrogen) atoms. The number of benzene rings is 3. The monoisotopic (exact) mass is 573 g/mol. The van der Waals surface area contributed by atoms with Gasteiger partial charge in [-0.2, -0.15) is 0 Å². The number of H-pyrrole nitrogens is 2. The molecule has 2 aromatic heterocycles. The summed E-state index contributed by atoms with van der Waals surface area (Å²) >= 11 is 0. The molecular formula is C32H26F3N3O4. The van der Waals surface area contributed by atoms with Gasteiger partial charge in [-0.05, 0) is 50.6 Å². The number of hydrogen-bond donors (Lipinski definition) is 2. The van der Waals surface area contributed by atoms with E-state index in [0.29, 0.717) is 30.0 Å². The number of esters is 1. The van der Waals surface area contributed by atoms with Gasteiger partial charge in [0, 0.05) is 46.5 Å². The van der Waals surface area contributed by atoms with Crippen molar-refractivity contribution in [3.8, 4) is 28.6 Å². The highest BCUT2D eigenvalue weighted by Crippen LogP contribution is 2.45. The minimum absolute atomic E-state index is 0.0395. The molecule has 10 heteroatoms. The predicted octanol–water partition coefficient (Wildman–Crippen LogP) is 7.43. The average molecular weight is 574 g/mol. The van der Waals surface area contributed by atoms with Gasteiger partial charge in [-0.25, -0.2) is 22.9 Å². The van der Waals surface area contributed by atoms with Crippen LogP contribution in [0.25, 0.3) is 28.4 Å². The van der Waals surface area contributed by atoms with E-state index in [1.165, 1.54) is 30.5 Å². The molecule has 5 aromatic rings. The number of ether oxygens (including phenoxy) is 3. The Kier molecular flexibility index (Phi) is 6.97. The number of nitrogens with zero attached hydrogens (tertiary/aromatic N) is 1. The fourth-order valence-electron chi connectivity index (χ4n) is 5.20. The summed E-state index contributed by atoms with van der Waals surface area (Å²) in [5.74, 6) is -2.49. The number of carbonyl (C=O) groups is 1. The number of rotatable bonds is 7. The lowest BCUT2D eigenvalue weighted by Gasteiger charge is -2.35. The van der Waals surface area contributed by atoms with E-state index in [9.17, 15) is 13.6 Å². The molecule has 1 unspecified atom stereocenters. The van der Waals surface area contributed by atoms with Gasteiger partial charge in [0.25, 0.3) is 0 Å². The topological polar surface area (TPSA) is 89.2 Å². The quantitative estimate of drug-likeness (QED) is 0.156. The highest BCUT2D eigenvalue weighted by Gasteiger charge is 2.38. The Balaban J connectivity index is 1.32. The normalized spacial score (nSPS) is 16.4. The second kappa shape index (κ2) is 10.8. The molecule has 1 aliphatic heterocycles. The Morgan fingerprint density at radius 2 is 1.98 bits per heavy atom. The van der Waals surface area contributed by atoms with Crippen molar-refractivity contribution in [1.82, 2.24) is 15.0 Å². The predicted molar refractivity (Wildman–Crippen MR) is 151 cm³/mol. The molecule has 0 radical (unpaired) electrons. The van der Waals surface area contributed by atoms with Gasteiger partial charge in [0.2, 0.25) is 0 Å². The SMILES string of the molecule is CCOC(=O)/C=C/c1cccc2c1OCCC2(C)c1c[nH]c(-c2cc(Oc3c(F)cc4[nH]ccc4c3F)ccc2F)n1. The van der Waals surface area contributed by atoms with Gasteiger partial charge in [0.1, 0.15) is 23.1 Å². The van der Waals surface area contributed by atoms with Crippen LogP contribution in [0.5, 0.6) is 17.2 Å². The van der Waals surface area contributed by atoms with Crippen LogP contribution in [0, 0.1) is 17.5 Å². The Morgan fingerprint density at radius 1 is 1.12 bits per heavy atom. The van der Waals surface area contributed by atoms with Crippen molar-refractivity contribution in [3.63, 3.8) is 0 Å². The van der Waals surface area contributed by atoms with Crippen LogP contribution in [-0.4, -0.2) is 34.1 Å². The summed E-state index contributed by atoms with van der Waals surface area (Å²) < 4.78 is 61.2. The molecule has 6 rings (SSSR count). The maximum Gasteiger partial charge on any atom is 0.330 e. The maximum atomic E-state index is 15.0. The molecule has 0 saturated carbocycles. The summed E-state index contributed by atoms with van der Waals surface area (Å²) in [6.07, 6.45) is 6.81. The Morgan fingerprint density at radius 3 is 2.81 bits per heavy atom. The number of fused-ring (bicyclic) bond motifs is 2. The van der Waals surface area contributed by atoms with Crippen LogP contribution >= 0.6 is 0 Å². The van der Waals surface area contributed by atoms with Crippen LogP contribution in [0.15, 0.2) is 67.0 Å². The summed E-state index contributed by atoms with van der Waals surface area (Å²) in [5, 5.41) is 0.175. The zero-order valence-electron chi connectivity index (χ0n) is 22.8. The van der Waals surface area contributed by atoms with Crippen molar-refractivity contribution in [2.75, 3.05) is 13.2 Å². The van der Waals surface area contributed by atoms with Crippen LogP contribution in [0.1, 0.15) is 37.1 Å². The van der Waals surface area contributed by atoms with Gasteiger partial charge >= 0.3 is 5.97 Å². The first kappa shape index (κ1) is 27.2. The van der Waals surface area contributed by atoms with E-state index in [0.717, 1.165) is 23.3 Å². The smallest absolute Gasteiger partial charge is 0.330 e. The van der Waals surface area contributed by atoms with Crippen LogP contribution in [0.2, 0.25) is 0 Å². The average Bonchev–Trinajstić information content (AvgIpc) is 3.66. The zero-order valence-corrected chi connectivity index (χ0v) is 22.8. The molecule has 1 atom stereocenters. The first-order valence-corrected chi connectivity index (χ1v) is 13.4. The first-order valence-electron chi connectivity index (χ1n) is 13.4. The lowest BCUT2D eigenvalue weighted by atomic mass is 9.75. The fraction of sp³-hybridized carbons (Fsp3) is 0.188. The lowest BCUT2D eigenvalue weighted by molar-refractivity contribution is -0.137. The largest absolute Gasteiger partial charge is 0.493 e. The molecule has 0 bridgehead atoms. The highest BCUT2D eigenvalue weighted by atomic mass is 19.1. The minimum atomic E-state index is -0.892. The van der Waals surface area contributed by atoms with Crippen molar-refractivity contribution in [2.24, 2.45) is 0 Å². The van der Waals surface area contributed by atoms with Gasteiger partial charge in [0.05, 0.1) is 30.0 Å². The molecule has 0 spiro atoms. The minimum Gasteiger partial charge on any atom is -0.493 e. The first-order chi connectivity index (χ1) is 20.3. The molecule has 0 aliphatic carbocycles. The molecule has 0 fully saturated rings. The number of hydrogen-bond acceptors (Lipinski definition) is 5. The highest BCUT2D eigenvalue weighted by molar-refractivity contribution is 5.88. The number of carbonyl (C=O) groups excluding carboxylic acids is 1. The molecule has 2 N–H and O–H groups in total. The number of aromatic nitrogens is 3. The molecule has 1 aliphatic rings. The zero-order chi connectivity index (χ0) is 29.4. The van der Waals surface area contributed by atoms with E-state index < -0.39 is 34.6 Å². The molecule has 0 amide bonds. The van der Waals surface area contributed by atoms with Crippen molar-refractivity contribution in [2.45, 2.75) is 25.7 Å². The lowest BCUT2D eigenvalue weighted by Crippen LogP contribution is -2.31. The number of aromatic amines is 2. The summed E-state index contributed by atoms with van der Waals surface area (Å²) in [5.41, 5.74) is 2.00. The van der Waals surface area contributed by atoms with Gasteiger partial charge in [-0.1, -0.05) is 18.2 Å². The number of imidazole rings is 1. The molecular weight excluding hydrogens is 547 g/mol. The fourth-order valence-corrected chi connectivity index (χ4v) is 5.20. The maximum absolute atomic E-state index is 15.0. The van der Waals surface area contributed by atoms with Gasteiger partial charge in [-0.3, -0.25) is 0 Å². The Bertz CT molecular complexity index is 1840. The number of para-hydroxylation sites is 1. The van der Waals surface area contributed by atoms with Crippen molar-refractivity contribution in [1.29, 1.82) is 0 Å². The van der Waals surface area contributed by atoms with Crippen molar-refractivity contribution >= 4 is 22.9 Å². The summed E-state index contributed by atoms with van der Waals surface area (Å²) in [7, 11) is 0. The van der Waals surface area contributed by atoms with E-state index in [4.69, 9.17) is 19.2 Å². The summed E-state index contributed by atoms with van der Waals surface area (Å²) in [6, 6.07) is 12.1. The van der Waals surface area contributed by atoms with Gasteiger partial charge < -0.3 is 24.2 Å². The summed E-state index contributed by atoms with van der Waals surface area (Å²) in [4.78, 5) is 22.4. The van der Waals surface area contributed by atoms with Crippen LogP contribution in [0.3, 0.4) is 0 Å². The van der Waals surface area contributed by atoms with Crippen LogP contribution in [0.4, 0.5) is 13.2 Å². The standard InChI is InChI=1S/C32H26F3N3O4/c1-3-40-27(39)10-7-18-5-4-6-22-29(18)41-14-12-32(22,2)26-17-37-31(38-26)21-15-19(8-9-23(21)33)42-30-24(34)16-25-20(28(30)35)11-13-36-25/h4-11,13,15-17,36H,3,12,14H2,1-2H3,(H,37,38)/b10-7+. The van der Waals surface area contributed by atoms with Gasteiger partial charge in [-0.15, -0.1) is 0 Å². The van der Waals surface area contributed by atoms with Crippen LogP contribution < -0.4 is 9.47 Å². The van der Waals surface area contributed by atoms with E-state index in [1.54, 1.807) is 19.2 Å². The molecule has 3 aromatic carbocycles. The number of nitrogens with one attached hydrogen (secondary N) is 2.